The molecule has 1 heterocycles. The highest BCUT2D eigenvalue weighted by Gasteiger charge is 2.08. The van der Waals surface area contributed by atoms with Gasteiger partial charge in [0.05, 0.1) is 12.3 Å². The molecule has 0 amide bonds. The second-order valence-electron chi connectivity index (χ2n) is 2.96. The second-order valence-corrected chi connectivity index (χ2v) is 4.38. The van der Waals surface area contributed by atoms with Crippen molar-refractivity contribution in [1.82, 2.24) is 4.98 Å². The van der Waals surface area contributed by atoms with Crippen molar-refractivity contribution in [1.29, 1.82) is 0 Å². The third-order valence-corrected chi connectivity index (χ3v) is 2.84. The molecule has 13 heavy (non-hydrogen) atoms. The first-order valence-corrected chi connectivity index (χ1v) is 5.01. The average molecular weight is 198 g/mol. The van der Waals surface area contributed by atoms with Crippen molar-refractivity contribution in [3.8, 4) is 0 Å². The van der Waals surface area contributed by atoms with E-state index in [2.05, 4.69) is 4.98 Å². The first-order valence-electron chi connectivity index (χ1n) is 4.13. The summed E-state index contributed by atoms with van der Waals surface area (Å²) < 4.78 is 0. The monoisotopic (exact) mass is 198 g/mol. The summed E-state index contributed by atoms with van der Waals surface area (Å²) in [6.45, 7) is 4.03. The zero-order chi connectivity index (χ0) is 9.84. The molecule has 0 saturated carbocycles. The highest BCUT2D eigenvalue weighted by atomic mass is 32.2. The standard InChI is InChI=1S/C9H14N2OS/c1-6-3-4-11-9(8(6)10)13-7(2)5-12/h3-4,7,12H,5,10H2,1-2H3. The fourth-order valence-electron chi connectivity index (χ4n) is 0.867. The smallest absolute Gasteiger partial charge is 0.120 e. The van der Waals surface area contributed by atoms with Crippen molar-refractivity contribution in [2.75, 3.05) is 12.3 Å². The number of hydrogen-bond acceptors (Lipinski definition) is 4. The molecule has 1 aromatic rings. The van der Waals surface area contributed by atoms with Crippen LogP contribution in [0.5, 0.6) is 0 Å². The van der Waals surface area contributed by atoms with Gasteiger partial charge in [0.1, 0.15) is 5.03 Å². The Balaban J connectivity index is 2.83. The van der Waals surface area contributed by atoms with Gasteiger partial charge in [-0.05, 0) is 18.6 Å². The average Bonchev–Trinajstić information content (AvgIpc) is 2.13. The van der Waals surface area contributed by atoms with E-state index in [4.69, 9.17) is 10.8 Å². The maximum absolute atomic E-state index is 8.87. The molecule has 3 N–H and O–H groups in total. The molecule has 72 valence electrons. The number of nitrogens with two attached hydrogens (primary N) is 1. The lowest BCUT2D eigenvalue weighted by molar-refractivity contribution is 0.300. The van der Waals surface area contributed by atoms with Crippen molar-refractivity contribution >= 4 is 17.4 Å². The SMILES string of the molecule is Cc1ccnc(SC(C)CO)c1N. The number of aromatic nitrogens is 1. The first kappa shape index (κ1) is 10.3. The Morgan fingerprint density at radius 3 is 3.00 bits per heavy atom. The predicted molar refractivity (Wildman–Crippen MR) is 55.8 cm³/mol. The molecule has 0 aliphatic heterocycles. The van der Waals surface area contributed by atoms with E-state index in [0.717, 1.165) is 10.6 Å². The first-order chi connectivity index (χ1) is 6.15. The van der Waals surface area contributed by atoms with Crippen LogP contribution in [0, 0.1) is 6.92 Å². The van der Waals surface area contributed by atoms with Gasteiger partial charge >= 0.3 is 0 Å². The number of aryl methyl sites for hydroxylation is 1. The molecule has 0 aliphatic carbocycles. The Hall–Kier alpha value is -0.740. The minimum Gasteiger partial charge on any atom is -0.396 e. The van der Waals surface area contributed by atoms with Crippen LogP contribution >= 0.6 is 11.8 Å². The number of rotatable bonds is 3. The Morgan fingerprint density at radius 2 is 2.38 bits per heavy atom. The van der Waals surface area contributed by atoms with Crippen LogP contribution in [0.15, 0.2) is 17.3 Å². The van der Waals surface area contributed by atoms with Gasteiger partial charge in [-0.2, -0.15) is 0 Å². The number of nitrogen functional groups attached to an aromatic ring is 1. The molecule has 0 aromatic carbocycles. The Bertz CT molecular complexity index is 291. The van der Waals surface area contributed by atoms with Crippen molar-refractivity contribution in [3.05, 3.63) is 17.8 Å². The molecule has 0 bridgehead atoms. The highest BCUT2D eigenvalue weighted by Crippen LogP contribution is 2.27. The summed E-state index contributed by atoms with van der Waals surface area (Å²) in [6.07, 6.45) is 1.73. The number of pyridine rings is 1. The van der Waals surface area contributed by atoms with E-state index in [9.17, 15) is 0 Å². The molecule has 1 aromatic heterocycles. The van der Waals surface area contributed by atoms with Crippen molar-refractivity contribution in [3.63, 3.8) is 0 Å². The van der Waals surface area contributed by atoms with E-state index in [1.807, 2.05) is 19.9 Å². The lowest BCUT2D eigenvalue weighted by Gasteiger charge is -2.09. The van der Waals surface area contributed by atoms with Gasteiger partial charge in [-0.1, -0.05) is 18.7 Å². The summed E-state index contributed by atoms with van der Waals surface area (Å²) in [4.78, 5) is 4.15. The number of aliphatic hydroxyl groups is 1. The third kappa shape index (κ3) is 2.60. The number of hydrogen-bond donors (Lipinski definition) is 2. The number of anilines is 1. The zero-order valence-electron chi connectivity index (χ0n) is 7.82. The molecule has 3 nitrogen and oxygen atoms in total. The molecule has 1 atom stereocenters. The Morgan fingerprint density at radius 1 is 1.69 bits per heavy atom. The number of nitrogens with zero attached hydrogens (tertiary/aromatic N) is 1. The summed E-state index contributed by atoms with van der Waals surface area (Å²) in [5.74, 6) is 0. The molecule has 0 saturated heterocycles. The summed E-state index contributed by atoms with van der Waals surface area (Å²) in [5, 5.41) is 9.81. The number of aliphatic hydroxyl groups excluding tert-OH is 1. The molecular formula is C9H14N2OS. The predicted octanol–water partition coefficient (Wildman–Crippen LogP) is 1.45. The van der Waals surface area contributed by atoms with Gasteiger partial charge in [-0.25, -0.2) is 4.98 Å². The molecular weight excluding hydrogens is 184 g/mol. The molecule has 0 fully saturated rings. The van der Waals surface area contributed by atoms with Crippen LogP contribution in [-0.4, -0.2) is 21.9 Å². The quantitative estimate of drug-likeness (QED) is 0.722. The van der Waals surface area contributed by atoms with Crippen LogP contribution in [0.1, 0.15) is 12.5 Å². The van der Waals surface area contributed by atoms with Gasteiger partial charge in [-0.15, -0.1) is 0 Å². The maximum atomic E-state index is 8.87. The molecule has 1 rings (SSSR count). The van der Waals surface area contributed by atoms with Gasteiger partial charge < -0.3 is 10.8 Å². The van der Waals surface area contributed by atoms with Crippen LogP contribution < -0.4 is 5.73 Å². The second kappa shape index (κ2) is 4.48. The Labute approximate surface area is 82.4 Å². The zero-order valence-corrected chi connectivity index (χ0v) is 8.64. The minimum absolute atomic E-state index is 0.136. The van der Waals surface area contributed by atoms with Crippen LogP contribution in [0.3, 0.4) is 0 Å². The van der Waals surface area contributed by atoms with Crippen LogP contribution in [0.25, 0.3) is 0 Å². The van der Waals surface area contributed by atoms with E-state index < -0.39 is 0 Å². The molecule has 0 radical (unpaired) electrons. The lowest BCUT2D eigenvalue weighted by Crippen LogP contribution is -2.04. The number of thioether (sulfide) groups is 1. The maximum Gasteiger partial charge on any atom is 0.120 e. The van der Waals surface area contributed by atoms with Crippen LogP contribution in [0.2, 0.25) is 0 Å². The molecule has 1 unspecified atom stereocenters. The van der Waals surface area contributed by atoms with Gasteiger partial charge in [0.2, 0.25) is 0 Å². The van der Waals surface area contributed by atoms with Crippen molar-refractivity contribution in [2.24, 2.45) is 0 Å². The fraction of sp³-hybridized carbons (Fsp3) is 0.444. The lowest BCUT2D eigenvalue weighted by atomic mass is 10.3. The van der Waals surface area contributed by atoms with Crippen molar-refractivity contribution in [2.45, 2.75) is 24.1 Å². The third-order valence-electron chi connectivity index (χ3n) is 1.74. The topological polar surface area (TPSA) is 59.1 Å². The largest absolute Gasteiger partial charge is 0.396 e. The molecule has 0 spiro atoms. The van der Waals surface area contributed by atoms with E-state index in [1.54, 1.807) is 6.20 Å². The summed E-state index contributed by atoms with van der Waals surface area (Å²) in [6, 6.07) is 1.88. The van der Waals surface area contributed by atoms with Gasteiger partial charge in [-0.3, -0.25) is 0 Å². The molecule has 4 heteroatoms. The van der Waals surface area contributed by atoms with Gasteiger partial charge in [0, 0.05) is 11.4 Å². The Kier molecular flexibility index (Phi) is 3.57. The summed E-state index contributed by atoms with van der Waals surface area (Å²) in [7, 11) is 0. The van der Waals surface area contributed by atoms with E-state index in [-0.39, 0.29) is 11.9 Å². The van der Waals surface area contributed by atoms with Crippen LogP contribution in [-0.2, 0) is 0 Å². The summed E-state index contributed by atoms with van der Waals surface area (Å²) >= 11 is 1.50. The molecule has 0 aliphatic rings. The van der Waals surface area contributed by atoms with Gasteiger partial charge in [0.15, 0.2) is 0 Å². The highest BCUT2D eigenvalue weighted by molar-refractivity contribution is 8.00. The van der Waals surface area contributed by atoms with Crippen LogP contribution in [0.4, 0.5) is 5.69 Å². The van der Waals surface area contributed by atoms with E-state index in [1.165, 1.54) is 11.8 Å². The summed E-state index contributed by atoms with van der Waals surface area (Å²) in [5.41, 5.74) is 7.57. The van der Waals surface area contributed by atoms with Gasteiger partial charge in [0.25, 0.3) is 0 Å². The minimum atomic E-state index is 0.136. The fourth-order valence-corrected chi connectivity index (χ4v) is 1.73. The normalized spacial score (nSPS) is 12.8. The van der Waals surface area contributed by atoms with Crippen molar-refractivity contribution < 1.29 is 5.11 Å². The van der Waals surface area contributed by atoms with E-state index >= 15 is 0 Å². The van der Waals surface area contributed by atoms with E-state index in [0.29, 0.717) is 5.69 Å².